The molecule has 29 heavy (non-hydrogen) atoms. The van der Waals surface area contributed by atoms with Crippen molar-refractivity contribution in [3.8, 4) is 0 Å². The molecule has 0 radical (unpaired) electrons. The number of carbonyl (C=O) groups excluding carboxylic acids is 2. The number of cyclic esters (lactones) is 1. The molecule has 0 N–H and O–H groups in total. The van der Waals surface area contributed by atoms with E-state index >= 15 is 0 Å². The number of esters is 2. The summed E-state index contributed by atoms with van der Waals surface area (Å²) in [4.78, 5) is 24.6. The highest BCUT2D eigenvalue weighted by Crippen LogP contribution is 2.43. The number of hydrogen-bond acceptors (Lipinski definition) is 4. The minimum Gasteiger partial charge on any atom is -0.462 e. The van der Waals surface area contributed by atoms with Crippen molar-refractivity contribution in [1.29, 1.82) is 0 Å². The molecule has 1 fully saturated rings. The summed E-state index contributed by atoms with van der Waals surface area (Å²) in [6, 6.07) is 0. The van der Waals surface area contributed by atoms with Crippen LogP contribution in [0.2, 0.25) is 0 Å². The highest BCUT2D eigenvalue weighted by Gasteiger charge is 2.37. The SMILES string of the molecule is CCC(C)(C)C(=O)O[C@H]1CC(=O)OC(CC[C@@H]2C3CC[C@@H](C)C=C3C=C[C@@H]2C)C1. The van der Waals surface area contributed by atoms with Crippen molar-refractivity contribution >= 4 is 11.9 Å². The lowest BCUT2D eigenvalue weighted by atomic mass is 9.66. The summed E-state index contributed by atoms with van der Waals surface area (Å²) in [7, 11) is 0. The van der Waals surface area contributed by atoms with E-state index in [1.807, 2.05) is 20.8 Å². The van der Waals surface area contributed by atoms with Crippen LogP contribution in [0, 0.1) is 29.1 Å². The number of allylic oxidation sites excluding steroid dienone is 4. The van der Waals surface area contributed by atoms with Crippen LogP contribution in [0.5, 0.6) is 0 Å². The zero-order valence-corrected chi connectivity index (χ0v) is 18.8. The van der Waals surface area contributed by atoms with Crippen LogP contribution in [0.1, 0.15) is 79.6 Å². The lowest BCUT2D eigenvalue weighted by Gasteiger charge is -2.39. The second-order valence-electron chi connectivity index (χ2n) is 10.1. The molecule has 0 aromatic heterocycles. The van der Waals surface area contributed by atoms with E-state index in [-0.39, 0.29) is 30.6 Å². The zero-order valence-electron chi connectivity index (χ0n) is 18.8. The van der Waals surface area contributed by atoms with Crippen LogP contribution in [0.25, 0.3) is 0 Å². The summed E-state index contributed by atoms with van der Waals surface area (Å²) in [5.41, 5.74) is 0.989. The summed E-state index contributed by atoms with van der Waals surface area (Å²) in [5.74, 6) is 1.99. The molecule has 6 atom stereocenters. The van der Waals surface area contributed by atoms with E-state index in [2.05, 4.69) is 32.1 Å². The summed E-state index contributed by atoms with van der Waals surface area (Å²) in [6.07, 6.45) is 12.5. The Morgan fingerprint density at radius 2 is 2.00 bits per heavy atom. The molecule has 2 aliphatic carbocycles. The maximum Gasteiger partial charge on any atom is 0.311 e. The molecule has 1 heterocycles. The van der Waals surface area contributed by atoms with Crippen molar-refractivity contribution in [3.05, 3.63) is 23.8 Å². The zero-order chi connectivity index (χ0) is 21.2. The molecule has 0 bridgehead atoms. The van der Waals surface area contributed by atoms with Gasteiger partial charge in [-0.1, -0.05) is 39.0 Å². The fourth-order valence-electron chi connectivity index (χ4n) is 4.97. The Kier molecular flexibility index (Phi) is 6.90. The van der Waals surface area contributed by atoms with Gasteiger partial charge in [0.25, 0.3) is 0 Å². The first-order valence-corrected chi connectivity index (χ1v) is 11.5. The van der Waals surface area contributed by atoms with Crippen molar-refractivity contribution in [2.75, 3.05) is 0 Å². The third-order valence-electron chi connectivity index (χ3n) is 7.37. The lowest BCUT2D eigenvalue weighted by Crippen LogP contribution is -2.39. The van der Waals surface area contributed by atoms with Gasteiger partial charge in [0.2, 0.25) is 0 Å². The average Bonchev–Trinajstić information content (AvgIpc) is 2.66. The fourth-order valence-corrected chi connectivity index (χ4v) is 4.97. The molecule has 2 unspecified atom stereocenters. The third-order valence-corrected chi connectivity index (χ3v) is 7.37. The van der Waals surface area contributed by atoms with Crippen molar-refractivity contribution in [1.82, 2.24) is 0 Å². The molecule has 0 aromatic rings. The van der Waals surface area contributed by atoms with E-state index in [0.29, 0.717) is 30.1 Å². The summed E-state index contributed by atoms with van der Waals surface area (Å²) >= 11 is 0. The number of carbonyl (C=O) groups is 2. The molecule has 1 saturated heterocycles. The Morgan fingerprint density at radius 3 is 2.72 bits per heavy atom. The van der Waals surface area contributed by atoms with Crippen LogP contribution in [0.4, 0.5) is 0 Å². The Hall–Kier alpha value is -1.58. The van der Waals surface area contributed by atoms with Gasteiger partial charge in [0, 0.05) is 6.42 Å². The van der Waals surface area contributed by atoms with Crippen molar-refractivity contribution in [3.63, 3.8) is 0 Å². The normalized spacial score (nSPS) is 34.8. The van der Waals surface area contributed by atoms with Crippen molar-refractivity contribution < 1.29 is 19.1 Å². The molecule has 4 nitrogen and oxygen atoms in total. The van der Waals surface area contributed by atoms with E-state index in [1.165, 1.54) is 18.4 Å². The van der Waals surface area contributed by atoms with E-state index < -0.39 is 5.41 Å². The molecule has 3 aliphatic rings. The van der Waals surface area contributed by atoms with Crippen LogP contribution in [-0.4, -0.2) is 24.1 Å². The van der Waals surface area contributed by atoms with E-state index in [9.17, 15) is 9.59 Å². The van der Waals surface area contributed by atoms with Gasteiger partial charge < -0.3 is 9.47 Å². The second kappa shape index (κ2) is 9.06. The van der Waals surface area contributed by atoms with Gasteiger partial charge in [0.15, 0.2) is 0 Å². The molecular weight excluding hydrogens is 364 g/mol. The molecule has 0 amide bonds. The van der Waals surface area contributed by atoms with E-state index in [4.69, 9.17) is 9.47 Å². The van der Waals surface area contributed by atoms with Gasteiger partial charge in [-0.2, -0.15) is 0 Å². The van der Waals surface area contributed by atoms with Gasteiger partial charge in [0.05, 0.1) is 11.8 Å². The maximum atomic E-state index is 12.4. The number of rotatable bonds is 6. The molecule has 0 spiro atoms. The van der Waals surface area contributed by atoms with Crippen molar-refractivity contribution in [2.45, 2.75) is 91.8 Å². The molecule has 4 heteroatoms. The monoisotopic (exact) mass is 402 g/mol. The highest BCUT2D eigenvalue weighted by atomic mass is 16.6. The maximum absolute atomic E-state index is 12.4. The van der Waals surface area contributed by atoms with Crippen LogP contribution in [-0.2, 0) is 19.1 Å². The van der Waals surface area contributed by atoms with Crippen LogP contribution < -0.4 is 0 Å². The molecule has 162 valence electrons. The molecule has 0 saturated carbocycles. The molecule has 1 aliphatic heterocycles. The molecular formula is C25H38O4. The Balaban J connectivity index is 1.58. The van der Waals surface area contributed by atoms with E-state index in [0.717, 1.165) is 19.3 Å². The smallest absolute Gasteiger partial charge is 0.311 e. The summed E-state index contributed by atoms with van der Waals surface area (Å²) in [6.45, 7) is 10.4. The predicted molar refractivity (Wildman–Crippen MR) is 114 cm³/mol. The Morgan fingerprint density at radius 1 is 1.24 bits per heavy atom. The summed E-state index contributed by atoms with van der Waals surface area (Å²) in [5, 5.41) is 0. The van der Waals surface area contributed by atoms with Crippen LogP contribution in [0.3, 0.4) is 0 Å². The fraction of sp³-hybridized carbons (Fsp3) is 0.760. The lowest BCUT2D eigenvalue weighted by molar-refractivity contribution is -0.175. The molecule has 0 aromatic carbocycles. The molecule has 3 rings (SSSR count). The van der Waals surface area contributed by atoms with E-state index in [1.54, 1.807) is 0 Å². The third kappa shape index (κ3) is 5.32. The summed E-state index contributed by atoms with van der Waals surface area (Å²) < 4.78 is 11.3. The van der Waals surface area contributed by atoms with Gasteiger partial charge in [-0.15, -0.1) is 0 Å². The largest absolute Gasteiger partial charge is 0.462 e. The number of ether oxygens (including phenoxy) is 2. The minimum atomic E-state index is -0.512. The minimum absolute atomic E-state index is 0.146. The van der Waals surface area contributed by atoms with Crippen LogP contribution >= 0.6 is 0 Å². The van der Waals surface area contributed by atoms with Gasteiger partial charge in [-0.3, -0.25) is 9.59 Å². The second-order valence-corrected chi connectivity index (χ2v) is 10.1. The topological polar surface area (TPSA) is 52.6 Å². The van der Waals surface area contributed by atoms with Gasteiger partial charge in [0.1, 0.15) is 12.2 Å². The first kappa shape index (κ1) is 22.1. The predicted octanol–water partition coefficient (Wildman–Crippen LogP) is 5.61. The first-order valence-electron chi connectivity index (χ1n) is 11.5. The Bertz CT molecular complexity index is 674. The Labute approximate surface area is 176 Å². The average molecular weight is 403 g/mol. The standard InChI is InChI=1S/C25H38O4/c1-6-25(4,5)24(27)29-20-14-19(28-23(26)15-20)10-12-21-17(3)8-9-18-13-16(2)7-11-22(18)21/h8-9,13,16-17,19-22H,6-7,10-12,14-15H2,1-5H3/t16-,17+,19?,20-,21+,22?/m1/s1. The van der Waals surface area contributed by atoms with Crippen LogP contribution in [0.15, 0.2) is 23.8 Å². The first-order chi connectivity index (χ1) is 13.7. The highest BCUT2D eigenvalue weighted by molar-refractivity contribution is 5.77. The quantitative estimate of drug-likeness (QED) is 0.542. The van der Waals surface area contributed by atoms with Crippen molar-refractivity contribution in [2.24, 2.45) is 29.1 Å². The van der Waals surface area contributed by atoms with Gasteiger partial charge >= 0.3 is 11.9 Å². The number of fused-ring (bicyclic) bond motifs is 1. The number of hydrogen-bond donors (Lipinski definition) is 0. The van der Waals surface area contributed by atoms with Gasteiger partial charge in [-0.25, -0.2) is 0 Å². The van der Waals surface area contributed by atoms with Gasteiger partial charge in [-0.05, 0) is 75.2 Å².